The first-order chi connectivity index (χ1) is 12.2. The first kappa shape index (κ1) is 19.1. The molecule has 0 bridgehead atoms. The van der Waals surface area contributed by atoms with Gasteiger partial charge in [-0.15, -0.1) is 11.3 Å². The van der Waals surface area contributed by atoms with Crippen LogP contribution < -0.4 is 4.72 Å². The van der Waals surface area contributed by atoms with Crippen LogP contribution in [0.3, 0.4) is 0 Å². The minimum absolute atomic E-state index is 0.0306. The third-order valence-corrected chi connectivity index (χ3v) is 8.53. The van der Waals surface area contributed by atoms with Crippen LogP contribution in [0.1, 0.15) is 13.3 Å². The summed E-state index contributed by atoms with van der Waals surface area (Å²) in [6, 6.07) is 10.5. The highest BCUT2D eigenvalue weighted by Gasteiger charge is 2.19. The average molecular weight is 431 g/mol. The monoisotopic (exact) mass is 430 g/mol. The quantitative estimate of drug-likeness (QED) is 0.639. The summed E-state index contributed by atoms with van der Waals surface area (Å²) in [5.41, 5.74) is 0.842. The van der Waals surface area contributed by atoms with Crippen LogP contribution in [0, 0.1) is 0 Å². The Bertz CT molecular complexity index is 1150. The van der Waals surface area contributed by atoms with E-state index in [1.807, 2.05) is 0 Å². The molecule has 0 fully saturated rings. The summed E-state index contributed by atoms with van der Waals surface area (Å²) >= 11 is 6.81. The topological polar surface area (TPSA) is 93.2 Å². The van der Waals surface area contributed by atoms with Gasteiger partial charge in [0.15, 0.2) is 0 Å². The second-order valence-corrected chi connectivity index (χ2v) is 11.0. The molecule has 0 amide bonds. The zero-order valence-corrected chi connectivity index (χ0v) is 16.8. The smallest absolute Gasteiger partial charge is 0.261 e. The maximum absolute atomic E-state index is 12.4. The number of nitrogens with zero attached hydrogens (tertiary/aromatic N) is 1. The Hall–Kier alpha value is -1.68. The van der Waals surface area contributed by atoms with Crippen molar-refractivity contribution in [2.24, 2.45) is 0 Å². The molecule has 3 rings (SSSR count). The Labute approximate surface area is 160 Å². The molecular weight excluding hydrogens is 416 g/mol. The van der Waals surface area contributed by atoms with Crippen LogP contribution in [-0.2, 0) is 19.9 Å². The van der Waals surface area contributed by atoms with Gasteiger partial charge >= 0.3 is 0 Å². The largest absolute Gasteiger partial charge is 0.280 e. The second kappa shape index (κ2) is 7.15. The van der Waals surface area contributed by atoms with Crippen molar-refractivity contribution in [3.63, 3.8) is 0 Å². The van der Waals surface area contributed by atoms with Gasteiger partial charge in [-0.2, -0.15) is 0 Å². The summed E-state index contributed by atoms with van der Waals surface area (Å²) in [5, 5.41) is 0.441. The minimum Gasteiger partial charge on any atom is -0.280 e. The molecule has 0 unspecified atom stereocenters. The molecule has 3 aromatic rings. The molecule has 0 aliphatic heterocycles. The molecule has 138 valence electrons. The molecule has 1 N–H and O–H groups in total. The van der Waals surface area contributed by atoms with Crippen molar-refractivity contribution in [2.75, 3.05) is 10.5 Å². The van der Waals surface area contributed by atoms with Gasteiger partial charge in [0.1, 0.15) is 0 Å². The standard InChI is InChI=1S/C16H15ClN2O4S3/c1-2-9-25(20,21)16-18-14-8-5-12(10-15(14)24-16)19-26(22,23)13-6-3-11(17)4-7-13/h3-8,10,19H,2,9H2,1H3. The summed E-state index contributed by atoms with van der Waals surface area (Å²) in [6.07, 6.45) is 0.504. The van der Waals surface area contributed by atoms with Crippen molar-refractivity contribution in [3.05, 3.63) is 47.5 Å². The van der Waals surface area contributed by atoms with Crippen molar-refractivity contribution in [1.82, 2.24) is 4.98 Å². The Morgan fingerprint density at radius 3 is 2.42 bits per heavy atom. The zero-order chi connectivity index (χ0) is 18.9. The number of aromatic nitrogens is 1. The lowest BCUT2D eigenvalue weighted by molar-refractivity contribution is 0.594. The maximum Gasteiger partial charge on any atom is 0.261 e. The van der Waals surface area contributed by atoms with Crippen LogP contribution in [0.5, 0.6) is 0 Å². The Morgan fingerprint density at radius 2 is 1.77 bits per heavy atom. The number of hydrogen-bond donors (Lipinski definition) is 1. The molecule has 6 nitrogen and oxygen atoms in total. The lowest BCUT2D eigenvalue weighted by Crippen LogP contribution is -2.12. The fourth-order valence-electron chi connectivity index (χ4n) is 2.28. The third-order valence-electron chi connectivity index (χ3n) is 3.48. The number of benzene rings is 2. The summed E-state index contributed by atoms with van der Waals surface area (Å²) in [7, 11) is -7.18. The third kappa shape index (κ3) is 4.01. The summed E-state index contributed by atoms with van der Waals surface area (Å²) in [6.45, 7) is 1.79. The number of fused-ring (bicyclic) bond motifs is 1. The van der Waals surface area contributed by atoms with E-state index in [1.165, 1.54) is 24.3 Å². The van der Waals surface area contributed by atoms with Gasteiger partial charge in [-0.25, -0.2) is 21.8 Å². The van der Waals surface area contributed by atoms with Gasteiger partial charge < -0.3 is 0 Å². The van der Waals surface area contributed by atoms with E-state index in [1.54, 1.807) is 25.1 Å². The number of sulfonamides is 1. The van der Waals surface area contributed by atoms with Gasteiger partial charge in [-0.1, -0.05) is 18.5 Å². The molecule has 10 heteroatoms. The highest BCUT2D eigenvalue weighted by molar-refractivity contribution is 7.93. The molecule has 0 saturated carbocycles. The number of thiazole rings is 1. The fourth-order valence-corrected chi connectivity index (χ4v) is 6.17. The van der Waals surface area contributed by atoms with E-state index in [0.29, 0.717) is 27.3 Å². The van der Waals surface area contributed by atoms with Gasteiger partial charge in [0.2, 0.25) is 14.2 Å². The van der Waals surface area contributed by atoms with Gasteiger partial charge in [-0.3, -0.25) is 4.72 Å². The number of rotatable bonds is 6. The van der Waals surface area contributed by atoms with E-state index in [-0.39, 0.29) is 15.0 Å². The van der Waals surface area contributed by atoms with Crippen molar-refractivity contribution in [1.29, 1.82) is 0 Å². The number of anilines is 1. The average Bonchev–Trinajstić information content (AvgIpc) is 2.99. The van der Waals surface area contributed by atoms with E-state index in [4.69, 9.17) is 11.6 Å². The number of nitrogens with one attached hydrogen (secondary N) is 1. The van der Waals surface area contributed by atoms with E-state index in [9.17, 15) is 16.8 Å². The first-order valence-corrected chi connectivity index (χ1v) is 12.0. The van der Waals surface area contributed by atoms with Gasteiger partial charge in [0, 0.05) is 5.02 Å². The number of sulfone groups is 1. The predicted molar refractivity (Wildman–Crippen MR) is 104 cm³/mol. The Kier molecular flexibility index (Phi) is 5.25. The lowest BCUT2D eigenvalue weighted by atomic mass is 10.3. The normalized spacial score (nSPS) is 12.4. The summed E-state index contributed by atoms with van der Waals surface area (Å²) < 4.78 is 52.3. The molecule has 0 spiro atoms. The van der Waals surface area contributed by atoms with E-state index in [0.717, 1.165) is 11.3 Å². The predicted octanol–water partition coefficient (Wildman–Crippen LogP) is 3.93. The van der Waals surface area contributed by atoms with E-state index >= 15 is 0 Å². The first-order valence-electron chi connectivity index (χ1n) is 7.63. The Morgan fingerprint density at radius 1 is 1.08 bits per heavy atom. The maximum atomic E-state index is 12.4. The molecule has 1 heterocycles. The summed E-state index contributed by atoms with van der Waals surface area (Å²) in [4.78, 5) is 4.23. The van der Waals surface area contributed by atoms with Crippen molar-refractivity contribution >= 4 is 58.7 Å². The molecule has 0 saturated heterocycles. The fraction of sp³-hybridized carbons (Fsp3) is 0.188. The van der Waals surface area contributed by atoms with Crippen LogP contribution >= 0.6 is 22.9 Å². The second-order valence-electron chi connectivity index (χ2n) is 5.54. The molecule has 26 heavy (non-hydrogen) atoms. The molecule has 0 aliphatic rings. The molecule has 1 aromatic heterocycles. The Balaban J connectivity index is 1.93. The van der Waals surface area contributed by atoms with Crippen molar-refractivity contribution < 1.29 is 16.8 Å². The SMILES string of the molecule is CCCS(=O)(=O)c1nc2ccc(NS(=O)(=O)c3ccc(Cl)cc3)cc2s1. The van der Waals surface area contributed by atoms with Crippen LogP contribution in [-0.4, -0.2) is 27.6 Å². The molecule has 0 atom stereocenters. The lowest BCUT2D eigenvalue weighted by Gasteiger charge is -2.08. The van der Waals surface area contributed by atoms with E-state index < -0.39 is 19.9 Å². The van der Waals surface area contributed by atoms with Gasteiger partial charge in [0.25, 0.3) is 10.0 Å². The van der Waals surface area contributed by atoms with Gasteiger partial charge in [0.05, 0.1) is 26.6 Å². The highest BCUT2D eigenvalue weighted by Crippen LogP contribution is 2.29. The van der Waals surface area contributed by atoms with Crippen LogP contribution in [0.2, 0.25) is 5.02 Å². The van der Waals surface area contributed by atoms with Crippen molar-refractivity contribution in [2.45, 2.75) is 22.6 Å². The van der Waals surface area contributed by atoms with Gasteiger partial charge in [-0.05, 0) is 48.9 Å². The van der Waals surface area contributed by atoms with Crippen LogP contribution in [0.4, 0.5) is 5.69 Å². The molecule has 2 aromatic carbocycles. The molecule has 0 radical (unpaired) electrons. The van der Waals surface area contributed by atoms with Crippen molar-refractivity contribution in [3.8, 4) is 0 Å². The number of hydrogen-bond acceptors (Lipinski definition) is 6. The van der Waals surface area contributed by atoms with E-state index in [2.05, 4.69) is 9.71 Å². The zero-order valence-electron chi connectivity index (χ0n) is 13.6. The summed E-state index contributed by atoms with van der Waals surface area (Å²) in [5.74, 6) is 0.0306. The van der Waals surface area contributed by atoms with Crippen LogP contribution in [0.25, 0.3) is 10.2 Å². The number of halogens is 1. The molecular formula is C16H15ClN2O4S3. The molecule has 0 aliphatic carbocycles. The van der Waals surface area contributed by atoms with Crippen LogP contribution in [0.15, 0.2) is 51.7 Å². The highest BCUT2D eigenvalue weighted by atomic mass is 35.5. The minimum atomic E-state index is -3.77.